The van der Waals surface area contributed by atoms with Crippen molar-refractivity contribution in [2.24, 2.45) is 5.73 Å². The molecule has 1 aliphatic carbocycles. The van der Waals surface area contributed by atoms with Gasteiger partial charge < -0.3 is 5.73 Å². The van der Waals surface area contributed by atoms with E-state index in [1.165, 1.54) is 12.8 Å². The van der Waals surface area contributed by atoms with Gasteiger partial charge >= 0.3 is 0 Å². The molecule has 2 rings (SSSR count). The van der Waals surface area contributed by atoms with Gasteiger partial charge in [-0.1, -0.05) is 31.0 Å². The number of rotatable bonds is 4. The molecule has 94 valence electrons. The van der Waals surface area contributed by atoms with E-state index in [1.807, 2.05) is 6.07 Å². The average Bonchev–Trinajstić information content (AvgIpc) is 2.88. The third kappa shape index (κ3) is 2.69. The summed E-state index contributed by atoms with van der Waals surface area (Å²) in [6, 6.07) is 8.98. The van der Waals surface area contributed by atoms with Gasteiger partial charge in [0.05, 0.1) is 11.6 Å². The number of benzene rings is 1. The molecule has 4 nitrogen and oxygen atoms in total. The molecule has 0 saturated heterocycles. The Hall–Kier alpha value is -1.86. The van der Waals surface area contributed by atoms with E-state index in [4.69, 9.17) is 11.0 Å². The second-order valence-electron chi connectivity index (χ2n) is 4.68. The van der Waals surface area contributed by atoms with E-state index in [0.717, 1.165) is 12.8 Å². The zero-order chi connectivity index (χ0) is 13.0. The van der Waals surface area contributed by atoms with Crippen molar-refractivity contribution < 1.29 is 4.79 Å². The monoisotopic (exact) mass is 243 g/mol. The molecule has 0 heterocycles. The van der Waals surface area contributed by atoms with E-state index in [2.05, 4.69) is 11.4 Å². The lowest BCUT2D eigenvalue weighted by Crippen LogP contribution is -2.39. The van der Waals surface area contributed by atoms with E-state index in [-0.39, 0.29) is 0 Å². The summed E-state index contributed by atoms with van der Waals surface area (Å²) in [5, 5.41) is 12.4. The first-order valence-electron chi connectivity index (χ1n) is 6.26. The third-order valence-corrected chi connectivity index (χ3v) is 3.43. The van der Waals surface area contributed by atoms with E-state index in [1.54, 1.807) is 18.2 Å². The number of hydrogen-bond acceptors (Lipinski definition) is 3. The number of amides is 1. The van der Waals surface area contributed by atoms with Crippen molar-refractivity contribution in [1.29, 1.82) is 5.26 Å². The predicted octanol–water partition coefficient (Wildman–Crippen LogP) is 1.62. The Bertz CT molecular complexity index is 472. The molecule has 1 aromatic rings. The number of nitrogens with one attached hydrogen (secondary N) is 1. The van der Waals surface area contributed by atoms with Crippen LogP contribution in [0.15, 0.2) is 24.3 Å². The third-order valence-electron chi connectivity index (χ3n) is 3.43. The molecule has 1 fully saturated rings. The van der Waals surface area contributed by atoms with Gasteiger partial charge in [-0.15, -0.1) is 0 Å². The molecule has 1 unspecified atom stereocenters. The summed E-state index contributed by atoms with van der Waals surface area (Å²) < 4.78 is 0. The summed E-state index contributed by atoms with van der Waals surface area (Å²) in [7, 11) is 0. The predicted molar refractivity (Wildman–Crippen MR) is 68.5 cm³/mol. The number of carbonyl (C=O) groups excluding carboxylic acids is 1. The number of hydrogen-bond donors (Lipinski definition) is 2. The molecule has 0 bridgehead atoms. The molecule has 0 spiro atoms. The van der Waals surface area contributed by atoms with Crippen LogP contribution >= 0.6 is 0 Å². The lowest BCUT2D eigenvalue weighted by atomic mass is 9.99. The molecule has 1 atom stereocenters. The summed E-state index contributed by atoms with van der Waals surface area (Å²) in [6.07, 6.45) is 4.50. The van der Waals surface area contributed by atoms with Crippen molar-refractivity contribution in [2.45, 2.75) is 37.8 Å². The van der Waals surface area contributed by atoms with Crippen LogP contribution in [0, 0.1) is 11.3 Å². The number of nitriles is 1. The fraction of sp³-hybridized carbons (Fsp3) is 0.429. The molecule has 3 N–H and O–H groups in total. The topological polar surface area (TPSA) is 78.9 Å². The van der Waals surface area contributed by atoms with E-state index < -0.39 is 11.9 Å². The van der Waals surface area contributed by atoms with E-state index in [9.17, 15) is 4.79 Å². The smallest absolute Gasteiger partial charge is 0.239 e. The number of primary amides is 1. The first-order chi connectivity index (χ1) is 8.72. The second kappa shape index (κ2) is 5.65. The van der Waals surface area contributed by atoms with Crippen molar-refractivity contribution in [2.75, 3.05) is 0 Å². The first-order valence-corrected chi connectivity index (χ1v) is 6.26. The molecule has 0 radical (unpaired) electrons. The Balaban J connectivity index is 2.24. The van der Waals surface area contributed by atoms with Crippen LogP contribution in [-0.2, 0) is 4.79 Å². The Morgan fingerprint density at radius 3 is 2.67 bits per heavy atom. The highest BCUT2D eigenvalue weighted by Crippen LogP contribution is 2.23. The molecule has 1 saturated carbocycles. The molecule has 1 aromatic carbocycles. The van der Waals surface area contributed by atoms with Crippen LogP contribution in [0.3, 0.4) is 0 Å². The van der Waals surface area contributed by atoms with Crippen molar-refractivity contribution >= 4 is 5.91 Å². The number of nitrogens with two attached hydrogens (primary N) is 1. The highest BCUT2D eigenvalue weighted by atomic mass is 16.1. The first kappa shape index (κ1) is 12.6. The van der Waals surface area contributed by atoms with Crippen molar-refractivity contribution in [3.63, 3.8) is 0 Å². The van der Waals surface area contributed by atoms with Crippen LogP contribution < -0.4 is 11.1 Å². The maximum absolute atomic E-state index is 11.6. The van der Waals surface area contributed by atoms with Crippen LogP contribution in [0.1, 0.15) is 42.9 Å². The minimum Gasteiger partial charge on any atom is -0.368 e. The normalized spacial score (nSPS) is 17.3. The van der Waals surface area contributed by atoms with Crippen LogP contribution in [0.2, 0.25) is 0 Å². The quantitative estimate of drug-likeness (QED) is 0.843. The maximum Gasteiger partial charge on any atom is 0.239 e. The summed E-state index contributed by atoms with van der Waals surface area (Å²) in [6.45, 7) is 0. The standard InChI is InChI=1S/C14H17N3O/c15-9-10-5-1-4-8-12(10)13(14(16)18)17-11-6-2-3-7-11/h1,4-5,8,11,13,17H,2-3,6-7H2,(H2,16,18). The molecule has 4 heteroatoms. The largest absolute Gasteiger partial charge is 0.368 e. The van der Waals surface area contributed by atoms with Crippen molar-refractivity contribution in [1.82, 2.24) is 5.32 Å². The van der Waals surface area contributed by atoms with Crippen LogP contribution in [0.5, 0.6) is 0 Å². The van der Waals surface area contributed by atoms with Crippen LogP contribution in [0.4, 0.5) is 0 Å². The van der Waals surface area contributed by atoms with Crippen molar-refractivity contribution in [3.8, 4) is 6.07 Å². The van der Waals surface area contributed by atoms with E-state index >= 15 is 0 Å². The zero-order valence-electron chi connectivity index (χ0n) is 10.2. The van der Waals surface area contributed by atoms with Crippen molar-refractivity contribution in [3.05, 3.63) is 35.4 Å². The van der Waals surface area contributed by atoms with Gasteiger partial charge in [-0.2, -0.15) is 5.26 Å². The average molecular weight is 243 g/mol. The van der Waals surface area contributed by atoms with Gasteiger partial charge in [-0.05, 0) is 24.5 Å². The summed E-state index contributed by atoms with van der Waals surface area (Å²) in [4.78, 5) is 11.6. The maximum atomic E-state index is 11.6. The van der Waals surface area contributed by atoms with Gasteiger partial charge in [-0.3, -0.25) is 10.1 Å². The van der Waals surface area contributed by atoms with Gasteiger partial charge in [0.25, 0.3) is 0 Å². The number of nitrogens with zero attached hydrogens (tertiary/aromatic N) is 1. The van der Waals surface area contributed by atoms with Gasteiger partial charge in [0.1, 0.15) is 6.04 Å². The number of carbonyl (C=O) groups is 1. The molecular weight excluding hydrogens is 226 g/mol. The highest BCUT2D eigenvalue weighted by Gasteiger charge is 2.25. The zero-order valence-corrected chi connectivity index (χ0v) is 10.2. The van der Waals surface area contributed by atoms with Gasteiger partial charge in [0.2, 0.25) is 5.91 Å². The molecule has 18 heavy (non-hydrogen) atoms. The molecule has 0 aromatic heterocycles. The summed E-state index contributed by atoms with van der Waals surface area (Å²) in [5.74, 6) is -0.426. The second-order valence-corrected chi connectivity index (χ2v) is 4.68. The minimum atomic E-state index is -0.566. The van der Waals surface area contributed by atoms with E-state index in [0.29, 0.717) is 17.2 Å². The van der Waals surface area contributed by atoms with Gasteiger partial charge in [-0.25, -0.2) is 0 Å². The minimum absolute atomic E-state index is 0.328. The summed E-state index contributed by atoms with van der Waals surface area (Å²) >= 11 is 0. The van der Waals surface area contributed by atoms with Crippen LogP contribution in [-0.4, -0.2) is 11.9 Å². The molecule has 1 amide bonds. The van der Waals surface area contributed by atoms with Crippen LogP contribution in [0.25, 0.3) is 0 Å². The summed E-state index contributed by atoms with van der Waals surface area (Å²) in [5.41, 5.74) is 6.65. The Morgan fingerprint density at radius 1 is 1.39 bits per heavy atom. The van der Waals surface area contributed by atoms with Gasteiger partial charge in [0, 0.05) is 6.04 Å². The lowest BCUT2D eigenvalue weighted by Gasteiger charge is -2.21. The van der Waals surface area contributed by atoms with Gasteiger partial charge in [0.15, 0.2) is 0 Å². The molecular formula is C14H17N3O. The Morgan fingerprint density at radius 2 is 2.06 bits per heavy atom. The Labute approximate surface area is 107 Å². The fourth-order valence-corrected chi connectivity index (χ4v) is 2.50. The lowest BCUT2D eigenvalue weighted by molar-refractivity contribution is -0.120. The molecule has 1 aliphatic rings. The SMILES string of the molecule is N#Cc1ccccc1C(NC1CCCC1)C(N)=O. The molecule has 0 aliphatic heterocycles. The fourth-order valence-electron chi connectivity index (χ4n) is 2.50. The highest BCUT2D eigenvalue weighted by molar-refractivity contribution is 5.82. The Kier molecular flexibility index (Phi) is 3.96.